The third-order valence-electron chi connectivity index (χ3n) is 3.49. The van der Waals surface area contributed by atoms with Gasteiger partial charge in [0.2, 0.25) is 0 Å². The molecule has 1 saturated heterocycles. The minimum absolute atomic E-state index is 0.0755. The Morgan fingerprint density at radius 3 is 2.80 bits per heavy atom. The van der Waals surface area contributed by atoms with E-state index in [1.165, 1.54) is 11.1 Å². The predicted molar refractivity (Wildman–Crippen MR) is 61.9 cm³/mol. The largest absolute Gasteiger partial charge is 0.396 e. The lowest BCUT2D eigenvalue weighted by Gasteiger charge is -2.26. The van der Waals surface area contributed by atoms with Crippen LogP contribution in [0.25, 0.3) is 0 Å². The van der Waals surface area contributed by atoms with E-state index in [9.17, 15) is 5.11 Å². The highest BCUT2D eigenvalue weighted by molar-refractivity contribution is 5.27. The van der Waals surface area contributed by atoms with E-state index >= 15 is 0 Å². The van der Waals surface area contributed by atoms with Gasteiger partial charge in [-0.15, -0.1) is 0 Å². The van der Waals surface area contributed by atoms with Crippen LogP contribution in [0.1, 0.15) is 17.5 Å². The molecule has 1 aliphatic heterocycles. The lowest BCUT2D eigenvalue weighted by Crippen LogP contribution is -2.30. The fourth-order valence-electron chi connectivity index (χ4n) is 2.35. The number of hydrogen-bond acceptors (Lipinski definition) is 2. The summed E-state index contributed by atoms with van der Waals surface area (Å²) in [7, 11) is 0. The molecule has 0 bridgehead atoms. The van der Waals surface area contributed by atoms with Crippen LogP contribution in [-0.4, -0.2) is 24.8 Å². The van der Waals surface area contributed by atoms with Crippen molar-refractivity contribution in [2.24, 2.45) is 5.41 Å². The maximum atomic E-state index is 9.53. The molecular weight excluding hydrogens is 186 g/mol. The molecule has 0 aliphatic carbocycles. The minimum atomic E-state index is 0.0755. The van der Waals surface area contributed by atoms with Gasteiger partial charge in [-0.2, -0.15) is 0 Å². The summed E-state index contributed by atoms with van der Waals surface area (Å²) in [5.74, 6) is 0. The summed E-state index contributed by atoms with van der Waals surface area (Å²) in [4.78, 5) is 0. The third-order valence-corrected chi connectivity index (χ3v) is 3.49. The molecular formula is C13H19NO. The van der Waals surface area contributed by atoms with Crippen molar-refractivity contribution in [2.45, 2.75) is 19.8 Å². The molecule has 2 rings (SSSR count). The van der Waals surface area contributed by atoms with E-state index in [4.69, 9.17) is 0 Å². The lowest BCUT2D eigenvalue weighted by atomic mass is 9.80. The van der Waals surface area contributed by atoms with Crippen molar-refractivity contribution >= 4 is 0 Å². The third kappa shape index (κ3) is 2.21. The molecule has 1 unspecified atom stereocenters. The van der Waals surface area contributed by atoms with Crippen LogP contribution >= 0.6 is 0 Å². The van der Waals surface area contributed by atoms with Crippen LogP contribution in [0, 0.1) is 12.3 Å². The molecule has 1 aliphatic rings. The quantitative estimate of drug-likeness (QED) is 0.784. The maximum absolute atomic E-state index is 9.53. The Hall–Kier alpha value is -0.860. The summed E-state index contributed by atoms with van der Waals surface area (Å²) in [5, 5.41) is 12.9. The van der Waals surface area contributed by atoms with Gasteiger partial charge in [-0.25, -0.2) is 0 Å². The van der Waals surface area contributed by atoms with Crippen molar-refractivity contribution in [2.75, 3.05) is 19.7 Å². The monoisotopic (exact) mass is 205 g/mol. The summed E-state index contributed by atoms with van der Waals surface area (Å²) < 4.78 is 0. The average Bonchev–Trinajstić information content (AvgIpc) is 2.71. The zero-order chi connectivity index (χ0) is 10.7. The van der Waals surface area contributed by atoms with E-state index in [2.05, 4.69) is 36.5 Å². The Morgan fingerprint density at radius 1 is 1.40 bits per heavy atom. The molecule has 2 N–H and O–H groups in total. The number of aliphatic hydroxyl groups excluding tert-OH is 1. The number of aliphatic hydroxyl groups is 1. The van der Waals surface area contributed by atoms with Gasteiger partial charge in [0, 0.05) is 12.0 Å². The first-order valence-electron chi connectivity index (χ1n) is 5.62. The summed E-state index contributed by atoms with van der Waals surface area (Å²) in [6, 6.07) is 8.46. The smallest absolute Gasteiger partial charge is 0.0503 e. The molecule has 0 aromatic heterocycles. The van der Waals surface area contributed by atoms with Crippen molar-refractivity contribution < 1.29 is 5.11 Å². The molecule has 0 radical (unpaired) electrons. The standard InChI is InChI=1S/C13H19NO/c1-11-4-2-3-5-12(11)8-13(10-15)6-7-14-9-13/h2-5,14-15H,6-10H2,1H3. The summed E-state index contributed by atoms with van der Waals surface area (Å²) >= 11 is 0. The molecule has 2 heteroatoms. The minimum Gasteiger partial charge on any atom is -0.396 e. The van der Waals surface area contributed by atoms with Crippen molar-refractivity contribution in [3.8, 4) is 0 Å². The van der Waals surface area contributed by atoms with Crippen molar-refractivity contribution in [3.05, 3.63) is 35.4 Å². The molecule has 2 nitrogen and oxygen atoms in total. The molecule has 0 spiro atoms. The van der Waals surface area contributed by atoms with E-state index in [0.717, 1.165) is 25.9 Å². The van der Waals surface area contributed by atoms with E-state index in [1.807, 2.05) is 0 Å². The summed E-state index contributed by atoms with van der Waals surface area (Å²) in [5.41, 5.74) is 2.78. The molecule has 82 valence electrons. The fraction of sp³-hybridized carbons (Fsp3) is 0.538. The number of benzene rings is 1. The molecule has 1 fully saturated rings. The van der Waals surface area contributed by atoms with Crippen LogP contribution in [0.2, 0.25) is 0 Å². The van der Waals surface area contributed by atoms with E-state index < -0.39 is 0 Å². The maximum Gasteiger partial charge on any atom is 0.0503 e. The topological polar surface area (TPSA) is 32.3 Å². The molecule has 1 aromatic carbocycles. The van der Waals surface area contributed by atoms with Crippen LogP contribution in [-0.2, 0) is 6.42 Å². The van der Waals surface area contributed by atoms with Gasteiger partial charge in [0.25, 0.3) is 0 Å². The molecule has 1 aromatic rings. The highest BCUT2D eigenvalue weighted by atomic mass is 16.3. The number of hydrogen-bond donors (Lipinski definition) is 2. The second kappa shape index (κ2) is 4.33. The normalized spacial score (nSPS) is 25.7. The van der Waals surface area contributed by atoms with E-state index in [1.54, 1.807) is 0 Å². The average molecular weight is 205 g/mol. The van der Waals surface area contributed by atoms with Crippen LogP contribution in [0.5, 0.6) is 0 Å². The Labute approximate surface area is 91.3 Å². The van der Waals surface area contributed by atoms with Crippen molar-refractivity contribution in [1.82, 2.24) is 5.32 Å². The lowest BCUT2D eigenvalue weighted by molar-refractivity contribution is 0.142. The Kier molecular flexibility index (Phi) is 3.08. The number of rotatable bonds is 3. The van der Waals surface area contributed by atoms with Gasteiger partial charge in [-0.1, -0.05) is 24.3 Å². The van der Waals surface area contributed by atoms with Gasteiger partial charge in [-0.3, -0.25) is 0 Å². The molecule has 0 saturated carbocycles. The highest BCUT2D eigenvalue weighted by Crippen LogP contribution is 2.30. The second-order valence-electron chi connectivity index (χ2n) is 4.69. The van der Waals surface area contributed by atoms with Gasteiger partial charge < -0.3 is 10.4 Å². The second-order valence-corrected chi connectivity index (χ2v) is 4.69. The van der Waals surface area contributed by atoms with E-state index in [0.29, 0.717) is 0 Å². The zero-order valence-corrected chi connectivity index (χ0v) is 9.29. The molecule has 0 amide bonds. The molecule has 15 heavy (non-hydrogen) atoms. The Morgan fingerprint density at radius 2 is 2.20 bits per heavy atom. The van der Waals surface area contributed by atoms with Crippen molar-refractivity contribution in [3.63, 3.8) is 0 Å². The van der Waals surface area contributed by atoms with Crippen LogP contribution < -0.4 is 5.32 Å². The SMILES string of the molecule is Cc1ccccc1CC1(CO)CCNC1. The Balaban J connectivity index is 2.16. The van der Waals surface area contributed by atoms with Gasteiger partial charge in [0.1, 0.15) is 0 Å². The molecule has 1 heterocycles. The highest BCUT2D eigenvalue weighted by Gasteiger charge is 2.33. The number of aryl methyl sites for hydroxylation is 1. The zero-order valence-electron chi connectivity index (χ0n) is 9.29. The molecule has 1 atom stereocenters. The fourth-order valence-corrected chi connectivity index (χ4v) is 2.35. The van der Waals surface area contributed by atoms with Gasteiger partial charge >= 0.3 is 0 Å². The predicted octanol–water partition coefficient (Wildman–Crippen LogP) is 1.51. The van der Waals surface area contributed by atoms with Gasteiger partial charge in [0.15, 0.2) is 0 Å². The first-order chi connectivity index (χ1) is 7.26. The van der Waals surface area contributed by atoms with Crippen LogP contribution in [0.3, 0.4) is 0 Å². The van der Waals surface area contributed by atoms with Gasteiger partial charge in [-0.05, 0) is 37.4 Å². The van der Waals surface area contributed by atoms with Gasteiger partial charge in [0.05, 0.1) is 6.61 Å². The number of nitrogens with one attached hydrogen (secondary N) is 1. The first kappa shape index (κ1) is 10.7. The van der Waals surface area contributed by atoms with Crippen LogP contribution in [0.15, 0.2) is 24.3 Å². The van der Waals surface area contributed by atoms with Crippen LogP contribution in [0.4, 0.5) is 0 Å². The summed E-state index contributed by atoms with van der Waals surface area (Å²) in [6.45, 7) is 4.40. The van der Waals surface area contributed by atoms with Crippen molar-refractivity contribution in [1.29, 1.82) is 0 Å². The Bertz CT molecular complexity index is 329. The van der Waals surface area contributed by atoms with E-state index in [-0.39, 0.29) is 12.0 Å². The first-order valence-corrected chi connectivity index (χ1v) is 5.62. The summed E-state index contributed by atoms with van der Waals surface area (Å²) in [6.07, 6.45) is 2.07.